The highest BCUT2D eigenvalue weighted by atomic mass is 19.1. The summed E-state index contributed by atoms with van der Waals surface area (Å²) in [5, 5.41) is 0. The molecule has 1 aliphatic rings. The van der Waals surface area contributed by atoms with Crippen LogP contribution in [0.5, 0.6) is 5.75 Å². The fraction of sp³-hybridized carbons (Fsp3) is 0.500. The summed E-state index contributed by atoms with van der Waals surface area (Å²) in [6.07, 6.45) is 1.83. The summed E-state index contributed by atoms with van der Waals surface area (Å²) in [5.74, 6) is 0.0128. The average Bonchev–Trinajstić information content (AvgIpc) is 2.40. The van der Waals surface area contributed by atoms with Crippen molar-refractivity contribution in [2.24, 2.45) is 5.92 Å². The van der Waals surface area contributed by atoms with Crippen LogP contribution in [-0.4, -0.2) is 26.1 Å². The van der Waals surface area contributed by atoms with Gasteiger partial charge in [-0.2, -0.15) is 0 Å². The molecule has 0 saturated carbocycles. The maximum Gasteiger partial charge on any atom is 0.165 e. The minimum atomic E-state index is -0.422. The fourth-order valence-electron chi connectivity index (χ4n) is 2.18. The summed E-state index contributed by atoms with van der Waals surface area (Å²) in [6, 6.07) is 4.66. The van der Waals surface area contributed by atoms with E-state index in [4.69, 9.17) is 9.47 Å². The predicted octanol–water partition coefficient (Wildman–Crippen LogP) is 2.37. The molecule has 0 spiro atoms. The Balaban J connectivity index is 2.00. The second-order valence-electron chi connectivity index (χ2n) is 4.50. The van der Waals surface area contributed by atoms with Crippen molar-refractivity contribution in [3.8, 4) is 5.75 Å². The smallest absolute Gasteiger partial charge is 0.165 e. The second kappa shape index (κ2) is 5.96. The SMILES string of the molecule is COc1ccc(CC(=O)C2CCOCC2)cc1F. The van der Waals surface area contributed by atoms with Gasteiger partial charge in [0.15, 0.2) is 11.6 Å². The number of benzene rings is 1. The number of methoxy groups -OCH3 is 1. The molecule has 0 aliphatic carbocycles. The average molecular weight is 252 g/mol. The van der Waals surface area contributed by atoms with Crippen LogP contribution in [0.4, 0.5) is 4.39 Å². The molecule has 0 amide bonds. The molecular weight excluding hydrogens is 235 g/mol. The zero-order valence-corrected chi connectivity index (χ0v) is 10.4. The molecule has 1 aromatic carbocycles. The molecule has 1 aromatic rings. The van der Waals surface area contributed by atoms with Crippen LogP contribution in [0.3, 0.4) is 0 Å². The van der Waals surface area contributed by atoms with Crippen LogP contribution in [0, 0.1) is 11.7 Å². The first-order chi connectivity index (χ1) is 8.70. The molecule has 2 rings (SSSR count). The highest BCUT2D eigenvalue weighted by molar-refractivity contribution is 5.83. The van der Waals surface area contributed by atoms with Gasteiger partial charge in [0.1, 0.15) is 5.78 Å². The van der Waals surface area contributed by atoms with E-state index < -0.39 is 5.82 Å². The van der Waals surface area contributed by atoms with Crippen molar-refractivity contribution in [2.45, 2.75) is 19.3 Å². The lowest BCUT2D eigenvalue weighted by Crippen LogP contribution is -2.24. The Morgan fingerprint density at radius 3 is 2.78 bits per heavy atom. The van der Waals surface area contributed by atoms with E-state index >= 15 is 0 Å². The van der Waals surface area contributed by atoms with Gasteiger partial charge in [-0.15, -0.1) is 0 Å². The van der Waals surface area contributed by atoms with Gasteiger partial charge in [-0.25, -0.2) is 4.39 Å². The number of carbonyl (C=O) groups is 1. The molecule has 4 heteroatoms. The summed E-state index contributed by atoms with van der Waals surface area (Å²) in [5.41, 5.74) is 0.699. The summed E-state index contributed by atoms with van der Waals surface area (Å²) < 4.78 is 23.6. The molecule has 0 aromatic heterocycles. The highest BCUT2D eigenvalue weighted by Crippen LogP contribution is 2.21. The number of ether oxygens (including phenoxy) is 2. The third kappa shape index (κ3) is 3.07. The van der Waals surface area contributed by atoms with Crippen LogP contribution in [0.2, 0.25) is 0 Å². The standard InChI is InChI=1S/C14H17FO3/c1-17-14-3-2-10(8-12(14)15)9-13(16)11-4-6-18-7-5-11/h2-3,8,11H,4-7,9H2,1H3. The molecule has 18 heavy (non-hydrogen) atoms. The van der Waals surface area contributed by atoms with Gasteiger partial charge in [0.2, 0.25) is 0 Å². The van der Waals surface area contributed by atoms with Crippen molar-refractivity contribution in [1.29, 1.82) is 0 Å². The first-order valence-electron chi connectivity index (χ1n) is 6.13. The fourth-order valence-corrected chi connectivity index (χ4v) is 2.18. The normalized spacial score (nSPS) is 16.6. The van der Waals surface area contributed by atoms with Gasteiger partial charge in [-0.3, -0.25) is 4.79 Å². The Morgan fingerprint density at radius 2 is 2.17 bits per heavy atom. The number of hydrogen-bond acceptors (Lipinski definition) is 3. The van der Waals surface area contributed by atoms with Crippen LogP contribution in [0.1, 0.15) is 18.4 Å². The van der Waals surface area contributed by atoms with Crippen molar-refractivity contribution < 1.29 is 18.7 Å². The molecule has 0 radical (unpaired) electrons. The monoisotopic (exact) mass is 252 g/mol. The number of hydrogen-bond donors (Lipinski definition) is 0. The topological polar surface area (TPSA) is 35.5 Å². The number of halogens is 1. The van der Waals surface area contributed by atoms with Crippen molar-refractivity contribution in [3.63, 3.8) is 0 Å². The minimum absolute atomic E-state index is 0.0592. The van der Waals surface area contributed by atoms with Gasteiger partial charge in [0.25, 0.3) is 0 Å². The molecule has 1 fully saturated rings. The Morgan fingerprint density at radius 1 is 1.44 bits per heavy atom. The van der Waals surface area contributed by atoms with Crippen molar-refractivity contribution in [2.75, 3.05) is 20.3 Å². The number of ketones is 1. The third-order valence-electron chi connectivity index (χ3n) is 3.27. The zero-order chi connectivity index (χ0) is 13.0. The first kappa shape index (κ1) is 13.0. The van der Waals surface area contributed by atoms with Crippen molar-refractivity contribution in [3.05, 3.63) is 29.6 Å². The third-order valence-corrected chi connectivity index (χ3v) is 3.27. The van der Waals surface area contributed by atoms with E-state index in [1.54, 1.807) is 12.1 Å². The molecule has 0 N–H and O–H groups in total. The maximum atomic E-state index is 13.5. The van der Waals surface area contributed by atoms with E-state index in [2.05, 4.69) is 0 Å². The molecule has 1 saturated heterocycles. The molecule has 0 bridgehead atoms. The molecule has 1 aliphatic heterocycles. The summed E-state index contributed by atoms with van der Waals surface area (Å²) >= 11 is 0. The van der Waals surface area contributed by atoms with E-state index in [1.165, 1.54) is 13.2 Å². The molecule has 0 unspecified atom stereocenters. The highest BCUT2D eigenvalue weighted by Gasteiger charge is 2.21. The van der Waals surface area contributed by atoms with Gasteiger partial charge >= 0.3 is 0 Å². The van der Waals surface area contributed by atoms with Crippen LogP contribution >= 0.6 is 0 Å². The van der Waals surface area contributed by atoms with Crippen LogP contribution in [-0.2, 0) is 16.0 Å². The lowest BCUT2D eigenvalue weighted by molar-refractivity contribution is -0.125. The largest absolute Gasteiger partial charge is 0.494 e. The maximum absolute atomic E-state index is 13.5. The van der Waals surface area contributed by atoms with E-state index in [-0.39, 0.29) is 23.9 Å². The van der Waals surface area contributed by atoms with Crippen LogP contribution in [0.15, 0.2) is 18.2 Å². The summed E-state index contributed by atoms with van der Waals surface area (Å²) in [6.45, 7) is 1.29. The number of rotatable bonds is 4. The van der Waals surface area contributed by atoms with Crippen LogP contribution < -0.4 is 4.74 Å². The van der Waals surface area contributed by atoms with Gasteiger partial charge in [0, 0.05) is 25.6 Å². The molecule has 3 nitrogen and oxygen atoms in total. The lowest BCUT2D eigenvalue weighted by Gasteiger charge is -2.20. The lowest BCUT2D eigenvalue weighted by atomic mass is 9.91. The van der Waals surface area contributed by atoms with Gasteiger partial charge in [-0.05, 0) is 30.5 Å². The summed E-state index contributed by atoms with van der Waals surface area (Å²) in [7, 11) is 1.42. The number of carbonyl (C=O) groups excluding carboxylic acids is 1. The Hall–Kier alpha value is -1.42. The molecule has 1 heterocycles. The molecular formula is C14H17FO3. The van der Waals surface area contributed by atoms with Crippen molar-refractivity contribution in [1.82, 2.24) is 0 Å². The Kier molecular flexibility index (Phi) is 4.31. The van der Waals surface area contributed by atoms with Crippen molar-refractivity contribution >= 4 is 5.78 Å². The van der Waals surface area contributed by atoms with E-state index in [1.807, 2.05) is 0 Å². The first-order valence-corrected chi connectivity index (χ1v) is 6.13. The van der Waals surface area contributed by atoms with Gasteiger partial charge < -0.3 is 9.47 Å². The predicted molar refractivity (Wildman–Crippen MR) is 65.2 cm³/mol. The summed E-state index contributed by atoms with van der Waals surface area (Å²) in [4.78, 5) is 12.0. The molecule has 98 valence electrons. The molecule has 0 atom stereocenters. The van der Waals surface area contributed by atoms with Crippen LogP contribution in [0.25, 0.3) is 0 Å². The minimum Gasteiger partial charge on any atom is -0.494 e. The second-order valence-corrected chi connectivity index (χ2v) is 4.50. The van der Waals surface area contributed by atoms with E-state index in [9.17, 15) is 9.18 Å². The van der Waals surface area contributed by atoms with E-state index in [0.29, 0.717) is 18.8 Å². The quantitative estimate of drug-likeness (QED) is 0.825. The number of Topliss-reactive ketones (excluding diaryl/α,β-unsaturated/α-hetero) is 1. The van der Waals surface area contributed by atoms with E-state index in [0.717, 1.165) is 12.8 Å². The Bertz CT molecular complexity index is 425. The zero-order valence-electron chi connectivity index (χ0n) is 10.4. The van der Waals surface area contributed by atoms with Gasteiger partial charge in [0.05, 0.1) is 7.11 Å². The Labute approximate surface area is 106 Å². The van der Waals surface area contributed by atoms with Gasteiger partial charge in [-0.1, -0.05) is 6.07 Å².